The number of Topliss-reactive ketones (excluding diaryl/α,β-unsaturated/α-hetero) is 1. The minimum absolute atomic E-state index is 0.00884. The Morgan fingerprint density at radius 3 is 2.00 bits per heavy atom. The number of rotatable bonds is 7. The lowest BCUT2D eigenvalue weighted by molar-refractivity contribution is -0.120. The van der Waals surface area contributed by atoms with Gasteiger partial charge in [0.2, 0.25) is 0 Å². The molecule has 2 atom stereocenters. The summed E-state index contributed by atoms with van der Waals surface area (Å²) in [4.78, 5) is 27.4. The van der Waals surface area contributed by atoms with Crippen LogP contribution in [0, 0.1) is 12.8 Å². The number of hydrazone groups is 1. The predicted molar refractivity (Wildman–Crippen MR) is 140 cm³/mol. The first kappa shape index (κ1) is 22.5. The second kappa shape index (κ2) is 9.90. The fraction of sp³-hybridized carbons (Fsp3) is 0.129. The van der Waals surface area contributed by atoms with E-state index in [0.29, 0.717) is 17.0 Å². The van der Waals surface area contributed by atoms with Gasteiger partial charge in [-0.05, 0) is 30.2 Å². The predicted octanol–water partition coefficient (Wildman–Crippen LogP) is 6.42. The minimum atomic E-state index is -0.590. The number of nitrogens with zero attached hydrogens (tertiary/aromatic N) is 2. The van der Waals surface area contributed by atoms with E-state index in [9.17, 15) is 9.59 Å². The van der Waals surface area contributed by atoms with Gasteiger partial charge in [-0.25, -0.2) is 0 Å². The average Bonchev–Trinajstić information content (AvgIpc) is 3.26. The molecule has 0 fully saturated rings. The Balaban J connectivity index is 1.61. The highest BCUT2D eigenvalue weighted by Crippen LogP contribution is 2.38. The zero-order valence-electron chi connectivity index (χ0n) is 19.5. The first-order valence-electron chi connectivity index (χ1n) is 11.8. The lowest BCUT2D eigenvalue weighted by Gasteiger charge is -2.24. The van der Waals surface area contributed by atoms with Gasteiger partial charge in [0.25, 0.3) is 5.91 Å². The van der Waals surface area contributed by atoms with Crippen LogP contribution in [0.1, 0.15) is 39.4 Å². The number of ketones is 1. The fourth-order valence-electron chi connectivity index (χ4n) is 4.61. The maximum absolute atomic E-state index is 14.0. The van der Waals surface area contributed by atoms with Crippen molar-refractivity contribution in [1.29, 1.82) is 0 Å². The van der Waals surface area contributed by atoms with Gasteiger partial charge in [0, 0.05) is 17.9 Å². The Morgan fingerprint density at radius 2 is 1.37 bits per heavy atom. The summed E-state index contributed by atoms with van der Waals surface area (Å²) >= 11 is 0. The van der Waals surface area contributed by atoms with Crippen molar-refractivity contribution < 1.29 is 9.59 Å². The molecule has 35 heavy (non-hydrogen) atoms. The van der Waals surface area contributed by atoms with Crippen molar-refractivity contribution in [3.8, 4) is 0 Å². The normalized spacial score (nSPS) is 16.1. The van der Waals surface area contributed by atoms with Crippen molar-refractivity contribution in [2.24, 2.45) is 11.0 Å². The van der Waals surface area contributed by atoms with E-state index in [1.54, 1.807) is 0 Å². The molecule has 172 valence electrons. The lowest BCUT2D eigenvalue weighted by atomic mass is 9.77. The highest BCUT2D eigenvalue weighted by molar-refractivity contribution is 6.22. The number of carbonyl (C=O) groups is 2. The monoisotopic (exact) mass is 458 g/mol. The van der Waals surface area contributed by atoms with Crippen LogP contribution in [-0.2, 0) is 4.79 Å². The maximum atomic E-state index is 14.0. The number of hydrogen-bond acceptors (Lipinski definition) is 3. The van der Waals surface area contributed by atoms with Crippen LogP contribution in [0.2, 0.25) is 0 Å². The van der Waals surface area contributed by atoms with Gasteiger partial charge in [-0.15, -0.1) is 0 Å². The molecule has 0 spiro atoms. The molecule has 4 nitrogen and oxygen atoms in total. The van der Waals surface area contributed by atoms with Crippen LogP contribution in [0.25, 0.3) is 0 Å². The fourth-order valence-corrected chi connectivity index (χ4v) is 4.61. The summed E-state index contributed by atoms with van der Waals surface area (Å²) in [5.41, 5.74) is 5.01. The Hall–Kier alpha value is -4.31. The zero-order chi connectivity index (χ0) is 24.2. The van der Waals surface area contributed by atoms with Gasteiger partial charge in [0.1, 0.15) is 0 Å². The number of amides is 1. The first-order chi connectivity index (χ1) is 17.1. The smallest absolute Gasteiger partial charge is 0.257 e. The molecule has 0 saturated carbocycles. The molecular formula is C31H26N2O2. The quantitative estimate of drug-likeness (QED) is 0.300. The molecule has 0 aromatic heterocycles. The van der Waals surface area contributed by atoms with Gasteiger partial charge >= 0.3 is 0 Å². The second-order valence-corrected chi connectivity index (χ2v) is 8.83. The third-order valence-electron chi connectivity index (χ3n) is 6.46. The first-order valence-corrected chi connectivity index (χ1v) is 11.8. The van der Waals surface area contributed by atoms with Crippen molar-refractivity contribution in [3.63, 3.8) is 0 Å². The molecule has 0 unspecified atom stereocenters. The molecule has 0 radical (unpaired) electrons. The SMILES string of the molecule is Cc1ccc([C@H](CC(=O)c2ccccc2)[C@@H]2C(=O)N(c3ccccc3)N=C2c2ccccc2)cc1. The summed E-state index contributed by atoms with van der Waals surface area (Å²) in [5, 5.41) is 6.31. The topological polar surface area (TPSA) is 49.7 Å². The third-order valence-corrected chi connectivity index (χ3v) is 6.46. The molecule has 1 amide bonds. The molecule has 0 N–H and O–H groups in total. The van der Waals surface area contributed by atoms with E-state index < -0.39 is 5.92 Å². The Morgan fingerprint density at radius 1 is 0.800 bits per heavy atom. The zero-order valence-corrected chi connectivity index (χ0v) is 19.5. The number of para-hydroxylation sites is 1. The molecule has 1 aliphatic heterocycles. The third kappa shape index (κ3) is 4.69. The number of anilines is 1. The van der Waals surface area contributed by atoms with Crippen molar-refractivity contribution in [1.82, 2.24) is 0 Å². The van der Waals surface area contributed by atoms with Gasteiger partial charge in [-0.2, -0.15) is 10.1 Å². The second-order valence-electron chi connectivity index (χ2n) is 8.83. The molecule has 0 aliphatic carbocycles. The molecule has 4 heteroatoms. The van der Waals surface area contributed by atoms with E-state index in [4.69, 9.17) is 5.10 Å². The summed E-state index contributed by atoms with van der Waals surface area (Å²) in [5.74, 6) is -1.06. The van der Waals surface area contributed by atoms with Gasteiger partial charge in [-0.1, -0.05) is 109 Å². The van der Waals surface area contributed by atoms with Crippen LogP contribution in [0.4, 0.5) is 5.69 Å². The van der Waals surface area contributed by atoms with E-state index in [1.807, 2.05) is 122 Å². The molecule has 0 bridgehead atoms. The average molecular weight is 459 g/mol. The van der Waals surface area contributed by atoms with E-state index in [1.165, 1.54) is 5.01 Å². The van der Waals surface area contributed by atoms with Gasteiger partial charge in [0.05, 0.1) is 17.3 Å². The van der Waals surface area contributed by atoms with Crippen LogP contribution < -0.4 is 5.01 Å². The lowest BCUT2D eigenvalue weighted by Crippen LogP contribution is -2.33. The van der Waals surface area contributed by atoms with E-state index in [-0.39, 0.29) is 24.0 Å². The summed E-state index contributed by atoms with van der Waals surface area (Å²) < 4.78 is 0. The van der Waals surface area contributed by atoms with Gasteiger partial charge in [-0.3, -0.25) is 9.59 Å². The number of aryl methyl sites for hydroxylation is 1. The molecule has 1 heterocycles. The minimum Gasteiger partial charge on any atom is -0.294 e. The van der Waals surface area contributed by atoms with E-state index in [0.717, 1.165) is 16.7 Å². The van der Waals surface area contributed by atoms with E-state index >= 15 is 0 Å². The Labute approximate surface area is 205 Å². The maximum Gasteiger partial charge on any atom is 0.257 e. The van der Waals surface area contributed by atoms with E-state index in [2.05, 4.69) is 0 Å². The van der Waals surface area contributed by atoms with Crippen LogP contribution in [0.15, 0.2) is 120 Å². The van der Waals surface area contributed by atoms with Crippen molar-refractivity contribution in [3.05, 3.63) is 138 Å². The van der Waals surface area contributed by atoms with Crippen molar-refractivity contribution in [2.45, 2.75) is 19.3 Å². The van der Waals surface area contributed by atoms with Crippen LogP contribution in [0.5, 0.6) is 0 Å². The highest BCUT2D eigenvalue weighted by atomic mass is 16.2. The summed E-state index contributed by atoms with van der Waals surface area (Å²) in [6.45, 7) is 2.03. The Bertz CT molecular complexity index is 1350. The summed E-state index contributed by atoms with van der Waals surface area (Å²) in [6.07, 6.45) is 0.206. The molecule has 1 aliphatic rings. The molecule has 4 aromatic carbocycles. The molecule has 0 saturated heterocycles. The standard InChI is InChI=1S/C31H26N2O2/c1-22-17-19-23(20-18-22)27(21-28(34)24-11-5-2-6-12-24)29-30(25-13-7-3-8-14-25)32-33(31(29)35)26-15-9-4-10-16-26/h2-20,27,29H,21H2,1H3/t27-,29-/m0/s1. The van der Waals surface area contributed by atoms with Crippen molar-refractivity contribution >= 4 is 23.1 Å². The molecular weight excluding hydrogens is 432 g/mol. The summed E-state index contributed by atoms with van der Waals surface area (Å²) in [7, 11) is 0. The van der Waals surface area contributed by atoms with Gasteiger partial charge in [0.15, 0.2) is 5.78 Å². The summed E-state index contributed by atoms with van der Waals surface area (Å²) in [6, 6.07) is 36.6. The molecule has 4 aromatic rings. The number of carbonyl (C=O) groups excluding carboxylic acids is 2. The number of benzene rings is 4. The Kier molecular flexibility index (Phi) is 6.36. The van der Waals surface area contributed by atoms with Crippen LogP contribution in [0.3, 0.4) is 0 Å². The van der Waals surface area contributed by atoms with Crippen LogP contribution >= 0.6 is 0 Å². The van der Waals surface area contributed by atoms with Gasteiger partial charge < -0.3 is 0 Å². The van der Waals surface area contributed by atoms with Crippen molar-refractivity contribution in [2.75, 3.05) is 5.01 Å². The highest BCUT2D eigenvalue weighted by Gasteiger charge is 2.43. The largest absolute Gasteiger partial charge is 0.294 e. The molecule has 5 rings (SSSR count). The number of hydrogen-bond donors (Lipinski definition) is 0. The van der Waals surface area contributed by atoms with Crippen LogP contribution in [-0.4, -0.2) is 17.4 Å².